The van der Waals surface area contributed by atoms with Crippen LogP contribution < -0.4 is 10.6 Å². The van der Waals surface area contributed by atoms with Crippen LogP contribution in [-0.2, 0) is 4.79 Å². The second kappa shape index (κ2) is 6.40. The molecule has 0 aliphatic carbocycles. The first-order valence-electron chi connectivity index (χ1n) is 6.45. The van der Waals surface area contributed by atoms with Gasteiger partial charge >= 0.3 is 0 Å². The first kappa shape index (κ1) is 12.1. The van der Waals surface area contributed by atoms with E-state index in [4.69, 9.17) is 0 Å². The lowest BCUT2D eigenvalue weighted by Gasteiger charge is -2.20. The Hall–Kier alpha value is -1.35. The van der Waals surface area contributed by atoms with E-state index in [2.05, 4.69) is 10.6 Å². The summed E-state index contributed by atoms with van der Waals surface area (Å²) in [6.07, 6.45) is 5.78. The van der Waals surface area contributed by atoms with Gasteiger partial charge in [0.15, 0.2) is 0 Å². The summed E-state index contributed by atoms with van der Waals surface area (Å²) in [5.74, 6) is 0.0955. The number of benzene rings is 1. The third-order valence-corrected chi connectivity index (χ3v) is 3.17. The van der Waals surface area contributed by atoms with E-state index in [1.165, 1.54) is 19.3 Å². The highest BCUT2D eigenvalue weighted by Crippen LogP contribution is 2.12. The Kier molecular flexibility index (Phi) is 4.56. The SMILES string of the molecule is O=C(Nc1ccccc1)C1CCCCCCN1. The van der Waals surface area contributed by atoms with E-state index in [1.54, 1.807) is 0 Å². The van der Waals surface area contributed by atoms with Crippen LogP contribution in [0.4, 0.5) is 5.69 Å². The predicted octanol–water partition coefficient (Wildman–Crippen LogP) is 2.55. The summed E-state index contributed by atoms with van der Waals surface area (Å²) >= 11 is 0. The smallest absolute Gasteiger partial charge is 0.241 e. The molecule has 17 heavy (non-hydrogen) atoms. The van der Waals surface area contributed by atoms with Crippen molar-refractivity contribution in [3.63, 3.8) is 0 Å². The second-order valence-corrected chi connectivity index (χ2v) is 4.56. The maximum absolute atomic E-state index is 12.1. The van der Waals surface area contributed by atoms with E-state index < -0.39 is 0 Å². The molecule has 1 aromatic carbocycles. The van der Waals surface area contributed by atoms with Gasteiger partial charge in [0.2, 0.25) is 5.91 Å². The molecule has 1 saturated heterocycles. The van der Waals surface area contributed by atoms with Crippen LogP contribution in [0.2, 0.25) is 0 Å². The molecule has 1 aliphatic rings. The maximum atomic E-state index is 12.1. The van der Waals surface area contributed by atoms with Crippen molar-refractivity contribution in [2.45, 2.75) is 38.1 Å². The highest BCUT2D eigenvalue weighted by atomic mass is 16.2. The van der Waals surface area contributed by atoms with Gasteiger partial charge in [-0.25, -0.2) is 0 Å². The molecule has 2 N–H and O–H groups in total. The molecule has 1 heterocycles. The van der Waals surface area contributed by atoms with Gasteiger partial charge in [-0.1, -0.05) is 37.5 Å². The van der Waals surface area contributed by atoms with Gasteiger partial charge in [-0.15, -0.1) is 0 Å². The molecule has 1 aliphatic heterocycles. The Balaban J connectivity index is 1.89. The van der Waals surface area contributed by atoms with Crippen LogP contribution in [-0.4, -0.2) is 18.5 Å². The lowest BCUT2D eigenvalue weighted by Crippen LogP contribution is -2.41. The highest BCUT2D eigenvalue weighted by Gasteiger charge is 2.18. The van der Waals surface area contributed by atoms with Gasteiger partial charge in [-0.3, -0.25) is 4.79 Å². The minimum absolute atomic E-state index is 0.0319. The average molecular weight is 232 g/mol. The van der Waals surface area contributed by atoms with Crippen LogP contribution in [0, 0.1) is 0 Å². The number of nitrogens with one attached hydrogen (secondary N) is 2. The van der Waals surface area contributed by atoms with Gasteiger partial charge in [0, 0.05) is 5.69 Å². The Bertz CT molecular complexity index is 342. The predicted molar refractivity (Wildman–Crippen MR) is 69.9 cm³/mol. The second-order valence-electron chi connectivity index (χ2n) is 4.56. The molecular formula is C14H20N2O. The third kappa shape index (κ3) is 3.86. The van der Waals surface area contributed by atoms with E-state index >= 15 is 0 Å². The molecule has 0 saturated carbocycles. The van der Waals surface area contributed by atoms with Gasteiger partial charge in [0.1, 0.15) is 0 Å². The van der Waals surface area contributed by atoms with Gasteiger partial charge in [-0.05, 0) is 31.5 Å². The van der Waals surface area contributed by atoms with Crippen molar-refractivity contribution < 1.29 is 4.79 Å². The van der Waals surface area contributed by atoms with E-state index in [9.17, 15) is 4.79 Å². The lowest BCUT2D eigenvalue weighted by molar-refractivity contribution is -0.118. The monoisotopic (exact) mass is 232 g/mol. The molecule has 0 radical (unpaired) electrons. The molecule has 0 spiro atoms. The van der Waals surface area contributed by atoms with Crippen LogP contribution in [0.15, 0.2) is 30.3 Å². The zero-order valence-corrected chi connectivity index (χ0v) is 10.1. The van der Waals surface area contributed by atoms with Crippen LogP contribution in [0.25, 0.3) is 0 Å². The van der Waals surface area contributed by atoms with Crippen molar-refractivity contribution >= 4 is 11.6 Å². The van der Waals surface area contributed by atoms with E-state index in [0.29, 0.717) is 0 Å². The van der Waals surface area contributed by atoms with Gasteiger partial charge < -0.3 is 10.6 Å². The van der Waals surface area contributed by atoms with Gasteiger partial charge in [0.25, 0.3) is 0 Å². The molecular weight excluding hydrogens is 212 g/mol. The topological polar surface area (TPSA) is 41.1 Å². The number of anilines is 1. The molecule has 1 atom stereocenters. The van der Waals surface area contributed by atoms with Crippen LogP contribution in [0.1, 0.15) is 32.1 Å². The van der Waals surface area contributed by atoms with Gasteiger partial charge in [-0.2, -0.15) is 0 Å². The summed E-state index contributed by atoms with van der Waals surface area (Å²) in [5.41, 5.74) is 0.876. The number of carbonyl (C=O) groups excluding carboxylic acids is 1. The van der Waals surface area contributed by atoms with E-state index in [-0.39, 0.29) is 11.9 Å². The Labute approximate surface area is 103 Å². The molecule has 92 valence electrons. The van der Waals surface area contributed by atoms with E-state index in [1.807, 2.05) is 30.3 Å². The Morgan fingerprint density at radius 2 is 1.88 bits per heavy atom. The zero-order chi connectivity index (χ0) is 11.9. The first-order chi connectivity index (χ1) is 8.36. The Morgan fingerprint density at radius 1 is 1.12 bits per heavy atom. The maximum Gasteiger partial charge on any atom is 0.241 e. The summed E-state index contributed by atoms with van der Waals surface area (Å²) in [4.78, 5) is 12.1. The molecule has 1 unspecified atom stereocenters. The normalized spacial score (nSPS) is 21.3. The van der Waals surface area contributed by atoms with E-state index in [0.717, 1.165) is 25.1 Å². The van der Waals surface area contributed by atoms with Crippen LogP contribution >= 0.6 is 0 Å². The zero-order valence-electron chi connectivity index (χ0n) is 10.1. The van der Waals surface area contributed by atoms with Crippen molar-refractivity contribution in [1.29, 1.82) is 0 Å². The summed E-state index contributed by atoms with van der Waals surface area (Å²) in [6, 6.07) is 9.61. The van der Waals surface area contributed by atoms with Crippen molar-refractivity contribution in [1.82, 2.24) is 5.32 Å². The molecule has 3 nitrogen and oxygen atoms in total. The van der Waals surface area contributed by atoms with Crippen molar-refractivity contribution in [2.24, 2.45) is 0 Å². The number of amides is 1. The largest absolute Gasteiger partial charge is 0.325 e. The number of para-hydroxylation sites is 1. The molecule has 1 aromatic rings. The minimum Gasteiger partial charge on any atom is -0.325 e. The standard InChI is InChI=1S/C14H20N2O/c17-14(16-12-8-4-3-5-9-12)13-10-6-1-2-7-11-15-13/h3-5,8-9,13,15H,1-2,6-7,10-11H2,(H,16,17). The van der Waals surface area contributed by atoms with Crippen LogP contribution in [0.3, 0.4) is 0 Å². The van der Waals surface area contributed by atoms with Crippen molar-refractivity contribution in [2.75, 3.05) is 11.9 Å². The summed E-state index contributed by atoms with van der Waals surface area (Å²) < 4.78 is 0. The number of rotatable bonds is 2. The van der Waals surface area contributed by atoms with Crippen LogP contribution in [0.5, 0.6) is 0 Å². The Morgan fingerprint density at radius 3 is 2.71 bits per heavy atom. The molecule has 0 aromatic heterocycles. The molecule has 1 amide bonds. The summed E-state index contributed by atoms with van der Waals surface area (Å²) in [5, 5.41) is 6.29. The van der Waals surface area contributed by atoms with Gasteiger partial charge in [0.05, 0.1) is 6.04 Å². The average Bonchev–Trinajstić information content (AvgIpc) is 2.29. The fourth-order valence-electron chi connectivity index (χ4n) is 2.18. The molecule has 1 fully saturated rings. The van der Waals surface area contributed by atoms with Crippen molar-refractivity contribution in [3.8, 4) is 0 Å². The summed E-state index contributed by atoms with van der Waals surface area (Å²) in [6.45, 7) is 0.951. The highest BCUT2D eigenvalue weighted by molar-refractivity contribution is 5.94. The number of hydrogen-bond donors (Lipinski definition) is 2. The quantitative estimate of drug-likeness (QED) is 0.822. The fraction of sp³-hybridized carbons (Fsp3) is 0.500. The number of carbonyl (C=O) groups is 1. The lowest BCUT2D eigenvalue weighted by atomic mass is 10.0. The summed E-state index contributed by atoms with van der Waals surface area (Å²) in [7, 11) is 0. The fourth-order valence-corrected chi connectivity index (χ4v) is 2.18. The number of hydrogen-bond acceptors (Lipinski definition) is 2. The first-order valence-corrected chi connectivity index (χ1v) is 6.45. The third-order valence-electron chi connectivity index (χ3n) is 3.17. The molecule has 0 bridgehead atoms. The van der Waals surface area contributed by atoms with Crippen molar-refractivity contribution in [3.05, 3.63) is 30.3 Å². The molecule has 3 heteroatoms. The molecule has 2 rings (SSSR count). The minimum atomic E-state index is -0.0319.